The summed E-state index contributed by atoms with van der Waals surface area (Å²) in [7, 11) is 2.09. The first-order valence-electron chi connectivity index (χ1n) is 6.31. The minimum atomic E-state index is 0.372. The summed E-state index contributed by atoms with van der Waals surface area (Å²) in [4.78, 5) is 4.75. The fourth-order valence-corrected chi connectivity index (χ4v) is 2.55. The molecule has 92 valence electrons. The lowest BCUT2D eigenvalue weighted by atomic mass is 10.0. The lowest BCUT2D eigenvalue weighted by Crippen LogP contribution is -2.16. The quantitative estimate of drug-likeness (QED) is 0.879. The summed E-state index contributed by atoms with van der Waals surface area (Å²) in [6.07, 6.45) is 2.25. The molecular weight excluding hydrogens is 210 g/mol. The van der Waals surface area contributed by atoms with Gasteiger partial charge in [-0.05, 0) is 25.0 Å². The summed E-state index contributed by atoms with van der Waals surface area (Å²) in [6, 6.07) is 6.27. The lowest BCUT2D eigenvalue weighted by molar-refractivity contribution is 0.572. The van der Waals surface area contributed by atoms with Crippen molar-refractivity contribution in [3.63, 3.8) is 0 Å². The molecule has 0 aliphatic carbocycles. The van der Waals surface area contributed by atoms with Crippen LogP contribution in [0.2, 0.25) is 0 Å². The predicted octanol–water partition coefficient (Wildman–Crippen LogP) is 2.72. The third-order valence-corrected chi connectivity index (χ3v) is 3.42. The third kappa shape index (κ3) is 2.07. The van der Waals surface area contributed by atoms with Gasteiger partial charge < -0.3 is 10.3 Å². The molecule has 1 aromatic heterocycles. The van der Waals surface area contributed by atoms with Gasteiger partial charge in [-0.2, -0.15) is 0 Å². The lowest BCUT2D eigenvalue weighted by Gasteiger charge is -2.13. The molecule has 0 saturated carbocycles. The summed E-state index contributed by atoms with van der Waals surface area (Å²) in [5, 5.41) is 0. The Balaban J connectivity index is 2.55. The van der Waals surface area contributed by atoms with Crippen LogP contribution in [0.1, 0.15) is 37.1 Å². The van der Waals surface area contributed by atoms with Gasteiger partial charge in [0.1, 0.15) is 5.82 Å². The van der Waals surface area contributed by atoms with E-state index in [1.807, 2.05) is 0 Å². The van der Waals surface area contributed by atoms with Gasteiger partial charge in [-0.15, -0.1) is 0 Å². The molecule has 0 saturated heterocycles. The molecule has 3 nitrogen and oxygen atoms in total. The van der Waals surface area contributed by atoms with E-state index in [4.69, 9.17) is 10.7 Å². The Kier molecular flexibility index (Phi) is 3.48. The van der Waals surface area contributed by atoms with Crippen LogP contribution in [0, 0.1) is 6.92 Å². The highest BCUT2D eigenvalue weighted by Crippen LogP contribution is 2.25. The fraction of sp³-hybridized carbons (Fsp3) is 0.500. The van der Waals surface area contributed by atoms with Crippen LogP contribution >= 0.6 is 0 Å². The zero-order chi connectivity index (χ0) is 12.4. The SMILES string of the molecule is CCCC(CN)c1nc2cccc(C)c2n1C. The Labute approximate surface area is 103 Å². The molecule has 0 aliphatic rings. The topological polar surface area (TPSA) is 43.8 Å². The van der Waals surface area contributed by atoms with Gasteiger partial charge in [0.05, 0.1) is 11.0 Å². The average molecular weight is 231 g/mol. The molecule has 0 aliphatic heterocycles. The van der Waals surface area contributed by atoms with Gasteiger partial charge in [0.15, 0.2) is 0 Å². The molecule has 2 aromatic rings. The fourth-order valence-electron chi connectivity index (χ4n) is 2.55. The van der Waals surface area contributed by atoms with E-state index in [0.717, 1.165) is 24.2 Å². The molecule has 3 heteroatoms. The van der Waals surface area contributed by atoms with Crippen LogP contribution in [-0.4, -0.2) is 16.1 Å². The van der Waals surface area contributed by atoms with Crippen LogP contribution in [0.15, 0.2) is 18.2 Å². The molecule has 2 N–H and O–H groups in total. The van der Waals surface area contributed by atoms with Crippen molar-refractivity contribution in [2.45, 2.75) is 32.6 Å². The van der Waals surface area contributed by atoms with Crippen molar-refractivity contribution in [3.05, 3.63) is 29.6 Å². The molecule has 1 unspecified atom stereocenters. The monoisotopic (exact) mass is 231 g/mol. The second kappa shape index (κ2) is 4.88. The Bertz CT molecular complexity index is 513. The molecule has 0 bridgehead atoms. The van der Waals surface area contributed by atoms with E-state index in [9.17, 15) is 0 Å². The van der Waals surface area contributed by atoms with Crippen LogP contribution in [-0.2, 0) is 7.05 Å². The van der Waals surface area contributed by atoms with Crippen LogP contribution in [0.4, 0.5) is 0 Å². The predicted molar refractivity (Wildman–Crippen MR) is 72.2 cm³/mol. The van der Waals surface area contributed by atoms with Crippen LogP contribution in [0.5, 0.6) is 0 Å². The summed E-state index contributed by atoms with van der Waals surface area (Å²) >= 11 is 0. The number of rotatable bonds is 4. The minimum absolute atomic E-state index is 0.372. The molecule has 2 rings (SSSR count). The summed E-state index contributed by atoms with van der Waals surface area (Å²) < 4.78 is 2.21. The zero-order valence-corrected chi connectivity index (χ0v) is 10.9. The Morgan fingerprint density at radius 1 is 1.41 bits per heavy atom. The van der Waals surface area contributed by atoms with Gasteiger partial charge in [0.25, 0.3) is 0 Å². The molecule has 1 atom stereocenters. The molecule has 0 spiro atoms. The van der Waals surface area contributed by atoms with Gasteiger partial charge in [0, 0.05) is 19.5 Å². The zero-order valence-electron chi connectivity index (χ0n) is 10.9. The van der Waals surface area contributed by atoms with Crippen LogP contribution in [0.3, 0.4) is 0 Å². The van der Waals surface area contributed by atoms with Crippen LogP contribution < -0.4 is 5.73 Å². The van der Waals surface area contributed by atoms with E-state index in [1.165, 1.54) is 11.1 Å². The highest BCUT2D eigenvalue weighted by Gasteiger charge is 2.17. The standard InChI is InChI=1S/C14H21N3/c1-4-6-11(9-15)14-16-12-8-5-7-10(2)13(12)17(14)3/h5,7-8,11H,4,6,9,15H2,1-3H3. The number of nitrogens with two attached hydrogens (primary N) is 1. The second-order valence-electron chi connectivity index (χ2n) is 4.69. The van der Waals surface area contributed by atoms with Crippen molar-refractivity contribution in [1.29, 1.82) is 0 Å². The minimum Gasteiger partial charge on any atom is -0.331 e. The van der Waals surface area contributed by atoms with Crippen LogP contribution in [0.25, 0.3) is 11.0 Å². The van der Waals surface area contributed by atoms with Gasteiger partial charge in [-0.3, -0.25) is 0 Å². The molecule has 1 aromatic carbocycles. The van der Waals surface area contributed by atoms with Gasteiger partial charge in [-0.25, -0.2) is 4.98 Å². The summed E-state index contributed by atoms with van der Waals surface area (Å²) in [5.74, 6) is 1.50. The number of aromatic nitrogens is 2. The molecule has 0 radical (unpaired) electrons. The highest BCUT2D eigenvalue weighted by molar-refractivity contribution is 5.79. The van der Waals surface area contributed by atoms with Crippen molar-refractivity contribution in [2.75, 3.05) is 6.54 Å². The molecule has 0 fully saturated rings. The number of para-hydroxylation sites is 1. The molecular formula is C14H21N3. The normalized spacial score (nSPS) is 13.2. The van der Waals surface area contributed by atoms with Gasteiger partial charge >= 0.3 is 0 Å². The number of fused-ring (bicyclic) bond motifs is 1. The average Bonchev–Trinajstić information content (AvgIpc) is 2.65. The van der Waals surface area contributed by atoms with E-state index >= 15 is 0 Å². The Morgan fingerprint density at radius 3 is 2.76 bits per heavy atom. The maximum atomic E-state index is 5.87. The largest absolute Gasteiger partial charge is 0.331 e. The van der Waals surface area contributed by atoms with Gasteiger partial charge in [0.2, 0.25) is 0 Å². The van der Waals surface area contributed by atoms with E-state index in [2.05, 4.69) is 43.7 Å². The van der Waals surface area contributed by atoms with E-state index in [0.29, 0.717) is 12.5 Å². The van der Waals surface area contributed by atoms with E-state index in [1.54, 1.807) is 0 Å². The number of aryl methyl sites for hydroxylation is 2. The van der Waals surface area contributed by atoms with Crippen molar-refractivity contribution in [1.82, 2.24) is 9.55 Å². The van der Waals surface area contributed by atoms with Crippen molar-refractivity contribution in [2.24, 2.45) is 12.8 Å². The smallest absolute Gasteiger partial charge is 0.114 e. The van der Waals surface area contributed by atoms with Crippen molar-refractivity contribution in [3.8, 4) is 0 Å². The van der Waals surface area contributed by atoms with E-state index in [-0.39, 0.29) is 0 Å². The number of benzene rings is 1. The Morgan fingerprint density at radius 2 is 2.18 bits per heavy atom. The highest BCUT2D eigenvalue weighted by atomic mass is 15.1. The van der Waals surface area contributed by atoms with Gasteiger partial charge in [-0.1, -0.05) is 25.5 Å². The first-order chi connectivity index (χ1) is 8.19. The molecule has 0 amide bonds. The van der Waals surface area contributed by atoms with Crippen molar-refractivity contribution >= 4 is 11.0 Å². The molecule has 1 heterocycles. The number of imidazole rings is 1. The maximum absolute atomic E-state index is 5.87. The third-order valence-electron chi connectivity index (χ3n) is 3.42. The Hall–Kier alpha value is -1.35. The molecule has 17 heavy (non-hydrogen) atoms. The second-order valence-corrected chi connectivity index (χ2v) is 4.69. The van der Waals surface area contributed by atoms with E-state index < -0.39 is 0 Å². The summed E-state index contributed by atoms with van der Waals surface area (Å²) in [5.41, 5.74) is 9.45. The van der Waals surface area contributed by atoms with Crippen molar-refractivity contribution < 1.29 is 0 Å². The number of hydrogen-bond acceptors (Lipinski definition) is 2. The first-order valence-corrected chi connectivity index (χ1v) is 6.31. The number of nitrogens with zero attached hydrogens (tertiary/aromatic N) is 2. The first kappa shape index (κ1) is 12.1. The number of hydrogen-bond donors (Lipinski definition) is 1. The maximum Gasteiger partial charge on any atom is 0.114 e. The summed E-state index contributed by atoms with van der Waals surface area (Å²) in [6.45, 7) is 4.99.